The van der Waals surface area contributed by atoms with E-state index in [-0.39, 0.29) is 23.5 Å². The number of carbonyl (C=O) groups is 1. The van der Waals surface area contributed by atoms with Gasteiger partial charge in [0.05, 0.1) is 23.2 Å². The number of amides is 1. The monoisotopic (exact) mass is 458 g/mol. The number of benzene rings is 3. The lowest BCUT2D eigenvalue weighted by atomic mass is 10.2. The summed E-state index contributed by atoms with van der Waals surface area (Å²) < 4.78 is 28.5. The minimum absolute atomic E-state index is 0.0110. The summed E-state index contributed by atoms with van der Waals surface area (Å²) in [5.74, 6) is -0.459. The van der Waals surface area contributed by atoms with E-state index in [0.717, 1.165) is 5.56 Å². The average molecular weight is 459 g/mol. The zero-order chi connectivity index (χ0) is 22.4. The minimum Gasteiger partial charge on any atom is -0.392 e. The van der Waals surface area contributed by atoms with E-state index in [9.17, 15) is 18.3 Å². The normalized spacial score (nSPS) is 12.2. The van der Waals surface area contributed by atoms with Crippen LogP contribution in [0.1, 0.15) is 22.8 Å². The van der Waals surface area contributed by atoms with Gasteiger partial charge in [-0.2, -0.15) is 0 Å². The molecule has 8 heteroatoms. The van der Waals surface area contributed by atoms with Crippen LogP contribution in [0.5, 0.6) is 0 Å². The topological polar surface area (TPSA) is 86.7 Å². The molecule has 162 valence electrons. The largest absolute Gasteiger partial charge is 0.392 e. The second-order valence-corrected chi connectivity index (χ2v) is 9.36. The Morgan fingerprint density at radius 2 is 1.71 bits per heavy atom. The molecule has 0 heterocycles. The fourth-order valence-electron chi connectivity index (χ4n) is 2.94. The van der Waals surface area contributed by atoms with Gasteiger partial charge < -0.3 is 10.4 Å². The van der Waals surface area contributed by atoms with Gasteiger partial charge in [-0.15, -0.1) is 0 Å². The molecule has 3 rings (SSSR count). The Bertz CT molecular complexity index is 1130. The molecular formula is C23H23ClN2O4S. The van der Waals surface area contributed by atoms with Crippen LogP contribution in [0.4, 0.5) is 5.69 Å². The number of hydrogen-bond donors (Lipinski definition) is 2. The van der Waals surface area contributed by atoms with Crippen LogP contribution in [0, 0.1) is 0 Å². The SMILES string of the molecule is CC(O)CNC(=O)c1cccc(S(=O)(=O)N(Cc2ccccc2)c2ccc(Cl)cc2)c1. The van der Waals surface area contributed by atoms with Gasteiger partial charge in [-0.3, -0.25) is 9.10 Å². The molecule has 3 aromatic rings. The maximum atomic E-state index is 13.6. The van der Waals surface area contributed by atoms with Crippen molar-refractivity contribution in [1.82, 2.24) is 5.32 Å². The van der Waals surface area contributed by atoms with Crippen molar-refractivity contribution in [3.63, 3.8) is 0 Å². The Kier molecular flexibility index (Phi) is 7.33. The molecule has 1 unspecified atom stereocenters. The molecule has 0 aliphatic heterocycles. The first-order chi connectivity index (χ1) is 14.8. The number of nitrogens with zero attached hydrogens (tertiary/aromatic N) is 1. The van der Waals surface area contributed by atoms with Crippen LogP contribution in [0.15, 0.2) is 83.8 Å². The van der Waals surface area contributed by atoms with E-state index in [1.807, 2.05) is 30.3 Å². The van der Waals surface area contributed by atoms with E-state index in [0.29, 0.717) is 10.7 Å². The number of aliphatic hydroxyl groups is 1. The summed E-state index contributed by atoms with van der Waals surface area (Å²) in [5, 5.41) is 12.4. The van der Waals surface area contributed by atoms with E-state index in [1.165, 1.54) is 28.6 Å². The van der Waals surface area contributed by atoms with Gasteiger partial charge in [0.1, 0.15) is 0 Å². The highest BCUT2D eigenvalue weighted by atomic mass is 35.5. The molecular weight excluding hydrogens is 436 g/mol. The van der Waals surface area contributed by atoms with Gasteiger partial charge in [0.25, 0.3) is 15.9 Å². The van der Waals surface area contributed by atoms with E-state index in [2.05, 4.69) is 5.32 Å². The van der Waals surface area contributed by atoms with Crippen LogP contribution >= 0.6 is 11.6 Å². The van der Waals surface area contributed by atoms with Crippen LogP contribution in [-0.4, -0.2) is 32.1 Å². The number of rotatable bonds is 8. The second kappa shape index (κ2) is 9.96. The third kappa shape index (κ3) is 5.85. The molecule has 0 bridgehead atoms. The number of nitrogens with one attached hydrogen (secondary N) is 1. The Morgan fingerprint density at radius 1 is 1.03 bits per heavy atom. The summed E-state index contributed by atoms with van der Waals surface area (Å²) in [5.41, 5.74) is 1.46. The van der Waals surface area contributed by atoms with Gasteiger partial charge in [0.2, 0.25) is 0 Å². The first-order valence-corrected chi connectivity index (χ1v) is 11.5. The fourth-order valence-corrected chi connectivity index (χ4v) is 4.56. The Hall–Kier alpha value is -2.87. The molecule has 3 aromatic carbocycles. The van der Waals surface area contributed by atoms with Crippen molar-refractivity contribution < 1.29 is 18.3 Å². The van der Waals surface area contributed by atoms with Crippen LogP contribution in [-0.2, 0) is 16.6 Å². The van der Waals surface area contributed by atoms with Crippen molar-refractivity contribution in [2.75, 3.05) is 10.8 Å². The zero-order valence-electron chi connectivity index (χ0n) is 16.9. The Balaban J connectivity index is 1.99. The first kappa shape index (κ1) is 22.8. The Labute approximate surface area is 187 Å². The molecule has 1 atom stereocenters. The summed E-state index contributed by atoms with van der Waals surface area (Å²) in [6.45, 7) is 1.73. The molecule has 0 aliphatic carbocycles. The standard InChI is InChI=1S/C23H23ClN2O4S/c1-17(27)15-25-23(28)19-8-5-9-22(14-19)31(29,30)26(16-18-6-3-2-4-7-18)21-12-10-20(24)11-13-21/h2-14,17,27H,15-16H2,1H3,(H,25,28). The van der Waals surface area contributed by atoms with Crippen molar-refractivity contribution in [3.05, 3.63) is 95.0 Å². The average Bonchev–Trinajstić information content (AvgIpc) is 2.77. The minimum atomic E-state index is -3.99. The predicted octanol–water partition coefficient (Wildman–Crippen LogP) is 3.85. The number of carbonyl (C=O) groups excluding carboxylic acids is 1. The van der Waals surface area contributed by atoms with E-state index < -0.39 is 22.0 Å². The van der Waals surface area contributed by atoms with E-state index >= 15 is 0 Å². The van der Waals surface area contributed by atoms with Gasteiger partial charge in [0.15, 0.2) is 0 Å². The van der Waals surface area contributed by atoms with Gasteiger partial charge in [-0.05, 0) is 55.0 Å². The van der Waals surface area contributed by atoms with Gasteiger partial charge in [0, 0.05) is 17.1 Å². The number of anilines is 1. The summed E-state index contributed by atoms with van der Waals surface area (Å²) in [6, 6.07) is 21.6. The Morgan fingerprint density at radius 3 is 2.35 bits per heavy atom. The molecule has 0 spiro atoms. The number of hydrogen-bond acceptors (Lipinski definition) is 4. The number of sulfonamides is 1. The van der Waals surface area contributed by atoms with Crippen molar-refractivity contribution in [2.24, 2.45) is 0 Å². The highest BCUT2D eigenvalue weighted by Crippen LogP contribution is 2.27. The zero-order valence-corrected chi connectivity index (χ0v) is 18.5. The van der Waals surface area contributed by atoms with Crippen molar-refractivity contribution in [2.45, 2.75) is 24.5 Å². The number of aliphatic hydroxyl groups excluding tert-OH is 1. The molecule has 0 aromatic heterocycles. The fraction of sp³-hybridized carbons (Fsp3) is 0.174. The molecule has 0 saturated carbocycles. The van der Waals surface area contributed by atoms with E-state index in [4.69, 9.17) is 11.6 Å². The first-order valence-electron chi connectivity index (χ1n) is 9.66. The molecule has 1 amide bonds. The number of halogens is 1. The molecule has 0 fully saturated rings. The second-order valence-electron chi connectivity index (χ2n) is 7.06. The quantitative estimate of drug-likeness (QED) is 0.536. The lowest BCUT2D eigenvalue weighted by Gasteiger charge is -2.25. The summed E-state index contributed by atoms with van der Waals surface area (Å²) >= 11 is 5.99. The molecule has 2 N–H and O–H groups in total. The molecule has 0 aliphatic rings. The van der Waals surface area contributed by atoms with Gasteiger partial charge in [-0.25, -0.2) is 8.42 Å². The highest BCUT2D eigenvalue weighted by molar-refractivity contribution is 7.92. The van der Waals surface area contributed by atoms with Crippen molar-refractivity contribution in [1.29, 1.82) is 0 Å². The lowest BCUT2D eigenvalue weighted by Crippen LogP contribution is -2.32. The highest BCUT2D eigenvalue weighted by Gasteiger charge is 2.26. The lowest BCUT2D eigenvalue weighted by molar-refractivity contribution is 0.0924. The van der Waals surface area contributed by atoms with Crippen LogP contribution in [0.25, 0.3) is 0 Å². The predicted molar refractivity (Wildman–Crippen MR) is 122 cm³/mol. The van der Waals surface area contributed by atoms with Crippen molar-refractivity contribution >= 4 is 33.2 Å². The van der Waals surface area contributed by atoms with Crippen molar-refractivity contribution in [3.8, 4) is 0 Å². The summed E-state index contributed by atoms with van der Waals surface area (Å²) in [6.07, 6.45) is -0.706. The van der Waals surface area contributed by atoms with Crippen LogP contribution in [0.3, 0.4) is 0 Å². The maximum absolute atomic E-state index is 13.6. The summed E-state index contributed by atoms with van der Waals surface area (Å²) in [7, 11) is -3.99. The van der Waals surface area contributed by atoms with Crippen LogP contribution < -0.4 is 9.62 Å². The molecule has 6 nitrogen and oxygen atoms in total. The molecule has 0 saturated heterocycles. The van der Waals surface area contributed by atoms with Crippen LogP contribution in [0.2, 0.25) is 5.02 Å². The molecule has 31 heavy (non-hydrogen) atoms. The van der Waals surface area contributed by atoms with Gasteiger partial charge >= 0.3 is 0 Å². The smallest absolute Gasteiger partial charge is 0.264 e. The third-order valence-corrected chi connectivity index (χ3v) is 6.55. The molecule has 0 radical (unpaired) electrons. The van der Waals surface area contributed by atoms with E-state index in [1.54, 1.807) is 31.2 Å². The maximum Gasteiger partial charge on any atom is 0.264 e. The summed E-state index contributed by atoms with van der Waals surface area (Å²) in [4.78, 5) is 12.3. The third-order valence-electron chi connectivity index (χ3n) is 4.53. The van der Waals surface area contributed by atoms with Gasteiger partial charge in [-0.1, -0.05) is 48.0 Å².